The van der Waals surface area contributed by atoms with Crippen molar-refractivity contribution in [2.75, 3.05) is 6.54 Å². The van der Waals surface area contributed by atoms with E-state index in [0.717, 1.165) is 12.0 Å². The molecule has 3 nitrogen and oxygen atoms in total. The van der Waals surface area contributed by atoms with Crippen LogP contribution in [0.4, 0.5) is 0 Å². The molecule has 0 aliphatic carbocycles. The molecule has 0 bridgehead atoms. The van der Waals surface area contributed by atoms with Crippen LogP contribution in [-0.2, 0) is 21.4 Å². The molecule has 0 N–H and O–H groups in total. The van der Waals surface area contributed by atoms with E-state index >= 15 is 0 Å². The van der Waals surface area contributed by atoms with Gasteiger partial charge in [0.05, 0.1) is 0 Å². The van der Waals surface area contributed by atoms with Gasteiger partial charge in [0.2, 0.25) is 11.8 Å². The van der Waals surface area contributed by atoms with E-state index in [2.05, 4.69) is 45.0 Å². The van der Waals surface area contributed by atoms with Gasteiger partial charge < -0.3 is 0 Å². The molecule has 1 aliphatic heterocycles. The number of hydrogen-bond acceptors (Lipinski definition) is 2. The van der Waals surface area contributed by atoms with Gasteiger partial charge in [-0.2, -0.15) is 0 Å². The lowest BCUT2D eigenvalue weighted by molar-refractivity contribution is -0.152. The van der Waals surface area contributed by atoms with E-state index in [0.29, 0.717) is 19.4 Å². The van der Waals surface area contributed by atoms with Gasteiger partial charge in [0, 0.05) is 19.4 Å². The summed E-state index contributed by atoms with van der Waals surface area (Å²) in [6, 6.07) is 8.39. The van der Waals surface area contributed by atoms with Crippen molar-refractivity contribution in [2.45, 2.75) is 45.4 Å². The van der Waals surface area contributed by atoms with Crippen molar-refractivity contribution in [3.63, 3.8) is 0 Å². The van der Waals surface area contributed by atoms with Crippen molar-refractivity contribution in [1.29, 1.82) is 0 Å². The van der Waals surface area contributed by atoms with E-state index in [1.807, 2.05) is 0 Å². The third kappa shape index (κ3) is 2.86. The number of imide groups is 1. The van der Waals surface area contributed by atoms with E-state index in [4.69, 9.17) is 0 Å². The van der Waals surface area contributed by atoms with Crippen LogP contribution >= 0.6 is 0 Å². The summed E-state index contributed by atoms with van der Waals surface area (Å²) < 4.78 is 0. The first-order valence-corrected chi connectivity index (χ1v) is 6.86. The van der Waals surface area contributed by atoms with Crippen LogP contribution in [0.25, 0.3) is 0 Å². The molecular weight excluding hydrogens is 238 g/mol. The Labute approximate surface area is 114 Å². The lowest BCUT2D eigenvalue weighted by atomic mass is 9.80. The molecule has 3 heteroatoms. The lowest BCUT2D eigenvalue weighted by Crippen LogP contribution is -2.48. The van der Waals surface area contributed by atoms with Gasteiger partial charge in [0.25, 0.3) is 0 Å². The molecule has 1 saturated heterocycles. The zero-order chi connectivity index (χ0) is 14.0. The van der Waals surface area contributed by atoms with Gasteiger partial charge in [0.15, 0.2) is 0 Å². The van der Waals surface area contributed by atoms with Gasteiger partial charge in [-0.05, 0) is 23.0 Å². The van der Waals surface area contributed by atoms with E-state index < -0.39 is 0 Å². The summed E-state index contributed by atoms with van der Waals surface area (Å²) >= 11 is 0. The second-order valence-corrected chi connectivity index (χ2v) is 5.80. The van der Waals surface area contributed by atoms with Crippen LogP contribution in [0.5, 0.6) is 0 Å². The first kappa shape index (κ1) is 13.8. The molecular formula is C16H21NO2. The Morgan fingerprint density at radius 3 is 2.32 bits per heavy atom. The molecule has 102 valence electrons. The minimum atomic E-state index is -0.237. The maximum absolute atomic E-state index is 12.1. The number of benzene rings is 1. The number of amides is 2. The zero-order valence-corrected chi connectivity index (χ0v) is 11.9. The maximum Gasteiger partial charge on any atom is 0.230 e. The highest BCUT2D eigenvalue weighted by Gasteiger charge is 2.34. The van der Waals surface area contributed by atoms with E-state index in [1.54, 1.807) is 0 Å². The standard InChI is InChI=1S/C16H21NO2/c1-4-12-5-7-13(8-6-12)16(2,3)11-15(19)17-10-9-14(17)18/h5-8H,4,9-11H2,1-3H3. The van der Waals surface area contributed by atoms with Crippen LogP contribution in [0, 0.1) is 0 Å². The molecule has 0 radical (unpaired) electrons. The fourth-order valence-electron chi connectivity index (χ4n) is 2.35. The van der Waals surface area contributed by atoms with Gasteiger partial charge >= 0.3 is 0 Å². The summed E-state index contributed by atoms with van der Waals surface area (Å²) in [5.41, 5.74) is 2.20. The van der Waals surface area contributed by atoms with Gasteiger partial charge in [0.1, 0.15) is 0 Å². The van der Waals surface area contributed by atoms with Gasteiger partial charge in [-0.15, -0.1) is 0 Å². The van der Waals surface area contributed by atoms with Crippen molar-refractivity contribution in [3.05, 3.63) is 35.4 Å². The Morgan fingerprint density at radius 2 is 1.89 bits per heavy atom. The molecule has 1 fully saturated rings. The highest BCUT2D eigenvalue weighted by Crippen LogP contribution is 2.29. The fourth-order valence-corrected chi connectivity index (χ4v) is 2.35. The molecule has 0 saturated carbocycles. The van der Waals surface area contributed by atoms with Crippen LogP contribution < -0.4 is 0 Å². The van der Waals surface area contributed by atoms with Gasteiger partial charge in [-0.1, -0.05) is 45.0 Å². The topological polar surface area (TPSA) is 37.4 Å². The summed E-state index contributed by atoms with van der Waals surface area (Å²) in [7, 11) is 0. The van der Waals surface area contributed by atoms with Gasteiger partial charge in [-0.25, -0.2) is 0 Å². The molecule has 1 heterocycles. The highest BCUT2D eigenvalue weighted by molar-refractivity contribution is 5.99. The maximum atomic E-state index is 12.1. The average Bonchev–Trinajstić information content (AvgIpc) is 2.36. The Kier molecular flexibility index (Phi) is 3.74. The summed E-state index contributed by atoms with van der Waals surface area (Å²) in [6.07, 6.45) is 1.91. The average molecular weight is 259 g/mol. The molecule has 0 atom stereocenters. The number of likely N-dealkylation sites (tertiary alicyclic amines) is 1. The Morgan fingerprint density at radius 1 is 1.26 bits per heavy atom. The minimum absolute atomic E-state index is 0.0397. The number of carbonyl (C=O) groups is 2. The molecule has 0 aromatic heterocycles. The van der Waals surface area contributed by atoms with E-state index in [9.17, 15) is 9.59 Å². The molecule has 1 aromatic carbocycles. The molecule has 0 spiro atoms. The molecule has 0 unspecified atom stereocenters. The predicted octanol–water partition coefficient (Wildman–Crippen LogP) is 2.68. The van der Waals surface area contributed by atoms with Crippen LogP contribution in [0.15, 0.2) is 24.3 Å². The summed E-state index contributed by atoms with van der Waals surface area (Å²) in [5.74, 6) is -0.0945. The smallest absolute Gasteiger partial charge is 0.230 e. The Bertz CT molecular complexity index is 488. The fraction of sp³-hybridized carbons (Fsp3) is 0.500. The van der Waals surface area contributed by atoms with Crippen molar-refractivity contribution >= 4 is 11.8 Å². The van der Waals surface area contributed by atoms with E-state index in [-0.39, 0.29) is 17.2 Å². The number of hydrogen-bond donors (Lipinski definition) is 0. The molecule has 2 amide bonds. The number of rotatable bonds is 4. The largest absolute Gasteiger partial charge is 0.282 e. The number of nitrogens with zero attached hydrogens (tertiary/aromatic N) is 1. The third-order valence-electron chi connectivity index (χ3n) is 3.89. The molecule has 2 rings (SSSR count). The van der Waals surface area contributed by atoms with Crippen LogP contribution in [0.2, 0.25) is 0 Å². The first-order chi connectivity index (χ1) is 8.94. The SMILES string of the molecule is CCc1ccc(C(C)(C)CC(=O)N2CCC2=O)cc1. The van der Waals surface area contributed by atoms with Crippen LogP contribution in [0.3, 0.4) is 0 Å². The van der Waals surface area contributed by atoms with Crippen molar-refractivity contribution < 1.29 is 9.59 Å². The third-order valence-corrected chi connectivity index (χ3v) is 3.89. The second-order valence-electron chi connectivity index (χ2n) is 5.80. The number of β-lactam (4-membered cyclic amide) rings is 1. The van der Waals surface area contributed by atoms with E-state index in [1.165, 1.54) is 10.5 Å². The monoisotopic (exact) mass is 259 g/mol. The lowest BCUT2D eigenvalue weighted by Gasteiger charge is -2.33. The number of aryl methyl sites for hydroxylation is 1. The first-order valence-electron chi connectivity index (χ1n) is 6.86. The van der Waals surface area contributed by atoms with Gasteiger partial charge in [-0.3, -0.25) is 14.5 Å². The van der Waals surface area contributed by atoms with Crippen molar-refractivity contribution in [1.82, 2.24) is 4.90 Å². The normalized spacial score (nSPS) is 15.3. The number of carbonyl (C=O) groups excluding carboxylic acids is 2. The predicted molar refractivity (Wildman–Crippen MR) is 74.8 cm³/mol. The minimum Gasteiger partial charge on any atom is -0.282 e. The Hall–Kier alpha value is -1.64. The molecule has 1 aromatic rings. The van der Waals surface area contributed by atoms with Crippen molar-refractivity contribution in [3.8, 4) is 0 Å². The highest BCUT2D eigenvalue weighted by atomic mass is 16.2. The van der Waals surface area contributed by atoms with Crippen molar-refractivity contribution in [2.24, 2.45) is 0 Å². The summed E-state index contributed by atoms with van der Waals surface area (Å²) in [4.78, 5) is 24.7. The zero-order valence-electron chi connectivity index (χ0n) is 11.9. The molecule has 1 aliphatic rings. The second kappa shape index (κ2) is 5.16. The molecule has 19 heavy (non-hydrogen) atoms. The quantitative estimate of drug-likeness (QED) is 0.780. The summed E-state index contributed by atoms with van der Waals surface area (Å²) in [5, 5.41) is 0. The van der Waals surface area contributed by atoms with Crippen LogP contribution in [0.1, 0.15) is 44.7 Å². The van der Waals surface area contributed by atoms with Crippen LogP contribution in [-0.4, -0.2) is 23.3 Å². The Balaban J connectivity index is 2.08. The summed E-state index contributed by atoms with van der Waals surface area (Å²) in [6.45, 7) is 6.81.